The molecule has 0 spiro atoms. The van der Waals surface area contributed by atoms with Gasteiger partial charge in [-0.15, -0.1) is 12.4 Å². The lowest BCUT2D eigenvalue weighted by molar-refractivity contribution is -0.104. The SMILES string of the molecule is COc1cc(Br)cc([C@@H]2NC(=O)OCC2(F)F)c1O.Cl. The van der Waals surface area contributed by atoms with Crippen LogP contribution in [0.5, 0.6) is 11.5 Å². The van der Waals surface area contributed by atoms with E-state index >= 15 is 0 Å². The van der Waals surface area contributed by atoms with E-state index in [-0.39, 0.29) is 23.7 Å². The molecule has 1 atom stereocenters. The minimum atomic E-state index is -3.34. The number of methoxy groups -OCH3 is 1. The first-order chi connectivity index (χ1) is 8.85. The first-order valence-corrected chi connectivity index (χ1v) is 6.02. The van der Waals surface area contributed by atoms with Crippen LogP contribution in [0.1, 0.15) is 11.6 Å². The van der Waals surface area contributed by atoms with Crippen LogP contribution in [0.3, 0.4) is 0 Å². The quantitative estimate of drug-likeness (QED) is 0.835. The Balaban J connectivity index is 0.00000200. The van der Waals surface area contributed by atoms with E-state index in [4.69, 9.17) is 4.74 Å². The number of phenolic OH excluding ortho intramolecular Hbond substituents is 1. The van der Waals surface area contributed by atoms with E-state index in [1.165, 1.54) is 19.2 Å². The Kier molecular flexibility index (Phi) is 5.04. The predicted octanol–water partition coefficient (Wildman–Crippen LogP) is 3.00. The highest BCUT2D eigenvalue weighted by atomic mass is 79.9. The number of amides is 1. The second kappa shape index (κ2) is 6.01. The van der Waals surface area contributed by atoms with Gasteiger partial charge in [0.25, 0.3) is 0 Å². The fourth-order valence-electron chi connectivity index (χ4n) is 1.79. The van der Waals surface area contributed by atoms with E-state index in [9.17, 15) is 18.7 Å². The molecule has 1 aliphatic rings. The summed E-state index contributed by atoms with van der Waals surface area (Å²) in [6.07, 6.45) is -0.964. The number of alkyl carbamates (subject to hydrolysis) is 1. The van der Waals surface area contributed by atoms with Crippen molar-refractivity contribution in [2.45, 2.75) is 12.0 Å². The van der Waals surface area contributed by atoms with Crippen LogP contribution < -0.4 is 10.1 Å². The maximum Gasteiger partial charge on any atom is 0.408 e. The molecule has 1 aliphatic heterocycles. The molecule has 2 rings (SSSR count). The summed E-state index contributed by atoms with van der Waals surface area (Å²) in [4.78, 5) is 11.1. The first kappa shape index (κ1) is 16.8. The average molecular weight is 375 g/mol. The standard InChI is InChI=1S/C11H10BrF2NO4.ClH/c1-18-7-3-5(12)2-6(8(7)16)9-11(13,14)4-19-10(17)15-9;/h2-3,9,16H,4H2,1H3,(H,15,17);1H/t9-;/m0./s1. The van der Waals surface area contributed by atoms with Gasteiger partial charge in [0, 0.05) is 10.0 Å². The number of nitrogens with one attached hydrogen (secondary N) is 1. The molecule has 0 aliphatic carbocycles. The van der Waals surface area contributed by atoms with Gasteiger partial charge in [-0.3, -0.25) is 0 Å². The lowest BCUT2D eigenvalue weighted by Crippen LogP contribution is -2.49. The molecular weight excluding hydrogens is 363 g/mol. The van der Waals surface area contributed by atoms with Crippen LogP contribution in [0, 0.1) is 0 Å². The van der Waals surface area contributed by atoms with E-state index < -0.39 is 30.4 Å². The van der Waals surface area contributed by atoms with Crippen molar-refractivity contribution in [3.8, 4) is 11.5 Å². The number of rotatable bonds is 2. The molecule has 0 saturated carbocycles. The van der Waals surface area contributed by atoms with Crippen LogP contribution in [-0.4, -0.2) is 30.8 Å². The minimum Gasteiger partial charge on any atom is -0.504 e. The first-order valence-electron chi connectivity index (χ1n) is 5.22. The number of phenols is 1. The zero-order valence-electron chi connectivity index (χ0n) is 10.2. The summed E-state index contributed by atoms with van der Waals surface area (Å²) >= 11 is 3.13. The lowest BCUT2D eigenvalue weighted by Gasteiger charge is -2.32. The van der Waals surface area contributed by atoms with Crippen molar-refractivity contribution >= 4 is 34.4 Å². The van der Waals surface area contributed by atoms with Crippen molar-refractivity contribution in [2.75, 3.05) is 13.7 Å². The predicted molar refractivity (Wildman–Crippen MR) is 71.8 cm³/mol. The molecule has 1 aromatic rings. The van der Waals surface area contributed by atoms with Gasteiger partial charge in [0.2, 0.25) is 0 Å². The smallest absolute Gasteiger partial charge is 0.408 e. The number of hydrogen-bond acceptors (Lipinski definition) is 4. The molecule has 5 nitrogen and oxygen atoms in total. The molecule has 2 N–H and O–H groups in total. The van der Waals surface area contributed by atoms with Gasteiger partial charge < -0.3 is 19.9 Å². The number of hydrogen-bond donors (Lipinski definition) is 2. The van der Waals surface area contributed by atoms with Crippen molar-refractivity contribution in [1.29, 1.82) is 0 Å². The second-order valence-electron chi connectivity index (χ2n) is 3.96. The van der Waals surface area contributed by atoms with Gasteiger partial charge in [-0.05, 0) is 12.1 Å². The summed E-state index contributed by atoms with van der Waals surface area (Å²) in [5, 5.41) is 11.9. The van der Waals surface area contributed by atoms with Gasteiger partial charge in [0.15, 0.2) is 18.1 Å². The van der Waals surface area contributed by atoms with Crippen LogP contribution >= 0.6 is 28.3 Å². The van der Waals surface area contributed by atoms with Gasteiger partial charge in [-0.2, -0.15) is 0 Å². The molecule has 1 saturated heterocycles. The Bertz CT molecular complexity index is 529. The van der Waals surface area contributed by atoms with E-state index in [1.807, 2.05) is 5.32 Å². The minimum absolute atomic E-state index is 0. The third kappa shape index (κ3) is 3.06. The summed E-state index contributed by atoms with van der Waals surface area (Å²) in [6, 6.07) is 1.04. The van der Waals surface area contributed by atoms with Crippen molar-refractivity contribution < 1.29 is 28.2 Å². The summed E-state index contributed by atoms with van der Waals surface area (Å²) in [5.74, 6) is -3.75. The lowest BCUT2D eigenvalue weighted by atomic mass is 9.98. The van der Waals surface area contributed by atoms with Crippen LogP contribution in [0.2, 0.25) is 0 Å². The monoisotopic (exact) mass is 373 g/mol. The maximum absolute atomic E-state index is 13.8. The molecule has 1 fully saturated rings. The van der Waals surface area contributed by atoms with Crippen molar-refractivity contribution in [3.63, 3.8) is 0 Å². The molecule has 1 amide bonds. The van der Waals surface area contributed by atoms with Crippen LogP contribution in [-0.2, 0) is 4.74 Å². The Morgan fingerprint density at radius 1 is 1.55 bits per heavy atom. The Labute approximate surface area is 127 Å². The van der Waals surface area contributed by atoms with Gasteiger partial charge in [-0.1, -0.05) is 15.9 Å². The zero-order valence-corrected chi connectivity index (χ0v) is 12.6. The molecule has 1 heterocycles. The van der Waals surface area contributed by atoms with Crippen LogP contribution in [0.15, 0.2) is 16.6 Å². The van der Waals surface area contributed by atoms with Gasteiger partial charge >= 0.3 is 12.0 Å². The Morgan fingerprint density at radius 2 is 2.20 bits per heavy atom. The normalized spacial score (nSPS) is 20.4. The molecule has 0 bridgehead atoms. The molecule has 20 heavy (non-hydrogen) atoms. The molecular formula is C11H11BrClF2NO4. The molecule has 1 aromatic carbocycles. The largest absolute Gasteiger partial charge is 0.504 e. The molecule has 0 radical (unpaired) electrons. The van der Waals surface area contributed by atoms with E-state index in [0.717, 1.165) is 0 Å². The summed E-state index contributed by atoms with van der Waals surface area (Å²) < 4.78 is 37.1. The van der Waals surface area contributed by atoms with Crippen molar-refractivity contribution in [1.82, 2.24) is 5.32 Å². The van der Waals surface area contributed by atoms with E-state index in [0.29, 0.717) is 4.47 Å². The number of halogens is 4. The van der Waals surface area contributed by atoms with Gasteiger partial charge in [0.1, 0.15) is 6.04 Å². The van der Waals surface area contributed by atoms with E-state index in [1.54, 1.807) is 0 Å². The zero-order chi connectivity index (χ0) is 14.2. The Hall–Kier alpha value is -1.28. The second-order valence-corrected chi connectivity index (χ2v) is 4.88. The summed E-state index contributed by atoms with van der Waals surface area (Å²) in [6.45, 7) is -1.04. The number of cyclic esters (lactones) is 1. The highest BCUT2D eigenvalue weighted by molar-refractivity contribution is 9.10. The summed E-state index contributed by atoms with van der Waals surface area (Å²) in [7, 11) is 1.30. The fraction of sp³-hybridized carbons (Fsp3) is 0.364. The van der Waals surface area contributed by atoms with Crippen molar-refractivity contribution in [2.24, 2.45) is 0 Å². The number of benzene rings is 1. The highest BCUT2D eigenvalue weighted by Gasteiger charge is 2.48. The van der Waals surface area contributed by atoms with Crippen LogP contribution in [0.25, 0.3) is 0 Å². The molecule has 112 valence electrons. The molecule has 0 unspecified atom stereocenters. The Morgan fingerprint density at radius 3 is 2.80 bits per heavy atom. The molecule has 0 aromatic heterocycles. The summed E-state index contributed by atoms with van der Waals surface area (Å²) in [5.41, 5.74) is -0.145. The van der Waals surface area contributed by atoms with Crippen LogP contribution in [0.4, 0.5) is 13.6 Å². The van der Waals surface area contributed by atoms with E-state index in [2.05, 4.69) is 20.7 Å². The maximum atomic E-state index is 13.8. The fourth-order valence-corrected chi connectivity index (χ4v) is 2.24. The number of alkyl halides is 2. The number of ether oxygens (including phenoxy) is 2. The number of carbonyl (C=O) groups excluding carboxylic acids is 1. The average Bonchev–Trinajstić information content (AvgIpc) is 2.35. The topological polar surface area (TPSA) is 67.8 Å². The van der Waals surface area contributed by atoms with Crippen molar-refractivity contribution in [3.05, 3.63) is 22.2 Å². The number of aromatic hydroxyl groups is 1. The van der Waals surface area contributed by atoms with Gasteiger partial charge in [-0.25, -0.2) is 13.6 Å². The third-order valence-corrected chi connectivity index (χ3v) is 3.14. The molecule has 9 heteroatoms. The number of carbonyl (C=O) groups is 1. The highest BCUT2D eigenvalue weighted by Crippen LogP contribution is 2.43. The third-order valence-electron chi connectivity index (χ3n) is 2.68. The van der Waals surface area contributed by atoms with Gasteiger partial charge in [0.05, 0.1) is 7.11 Å².